The lowest BCUT2D eigenvalue weighted by molar-refractivity contribution is -0.146. The molecule has 6 heterocycles. The van der Waals surface area contributed by atoms with Gasteiger partial charge in [0.2, 0.25) is 0 Å². The van der Waals surface area contributed by atoms with Crippen molar-refractivity contribution < 1.29 is 14.3 Å². The van der Waals surface area contributed by atoms with Crippen LogP contribution in [0.1, 0.15) is 48.7 Å². The number of hydrogen-bond acceptors (Lipinski definition) is 8. The minimum Gasteiger partial charge on any atom is -0.360 e. The predicted molar refractivity (Wildman–Crippen MR) is 180 cm³/mol. The van der Waals surface area contributed by atoms with Crippen LogP contribution in [0.4, 0.5) is 5.69 Å². The summed E-state index contributed by atoms with van der Waals surface area (Å²) in [5.74, 6) is 0.359. The number of carbonyl (C=O) groups excluding carboxylic acids is 2. The molecule has 0 saturated carbocycles. The topological polar surface area (TPSA) is 105 Å². The summed E-state index contributed by atoms with van der Waals surface area (Å²) in [5, 5.41) is 9.35. The van der Waals surface area contributed by atoms with Gasteiger partial charge in [-0.2, -0.15) is 5.10 Å². The zero-order chi connectivity index (χ0) is 31.3. The molecule has 3 aromatic heterocycles. The summed E-state index contributed by atoms with van der Waals surface area (Å²) in [6.45, 7) is 14.1. The van der Waals surface area contributed by atoms with E-state index in [4.69, 9.17) is 9.72 Å². The SMILES string of the molecule is C[C@H]1CC[C@H](c2ccc3sc(C4CN5CCC4C5)nc3c2)N(C(=O)C(=O)Nc2cncc3cnn(COCC[Si](C)(C)C)c23)C1. The number of amides is 2. The van der Waals surface area contributed by atoms with Crippen molar-refractivity contribution in [2.75, 3.05) is 38.1 Å². The van der Waals surface area contributed by atoms with Crippen molar-refractivity contribution in [3.63, 3.8) is 0 Å². The van der Waals surface area contributed by atoms with E-state index in [1.165, 1.54) is 29.2 Å². The molecule has 0 spiro atoms. The zero-order valence-electron chi connectivity index (χ0n) is 26.7. The van der Waals surface area contributed by atoms with Gasteiger partial charge in [0.25, 0.3) is 0 Å². The van der Waals surface area contributed by atoms with E-state index in [0.29, 0.717) is 36.2 Å². The number of thiazole rings is 1. The fourth-order valence-electron chi connectivity index (χ4n) is 7.18. The standard InChI is InChI=1S/C33H43N7O3SSi/c1-21-5-7-28(22-6-8-29-26(13-22)37-32(44-29)25-19-38-10-9-23(25)18-38)39(17-21)33(42)31(41)36-27-16-34-14-24-15-35-40(30(24)27)20-43-11-12-45(2,3)4/h6,8,13-16,21,23,25,28H,5,7,9-12,17-20H2,1-4H3,(H,36,41)/t21-,23?,25?,28+/m0/s1. The highest BCUT2D eigenvalue weighted by atomic mass is 32.1. The molecule has 7 rings (SSSR count). The van der Waals surface area contributed by atoms with Crippen molar-refractivity contribution in [2.24, 2.45) is 11.8 Å². The van der Waals surface area contributed by atoms with Gasteiger partial charge in [0.15, 0.2) is 0 Å². The highest BCUT2D eigenvalue weighted by Gasteiger charge is 2.40. The zero-order valence-corrected chi connectivity index (χ0v) is 28.5. The summed E-state index contributed by atoms with van der Waals surface area (Å²) in [6, 6.07) is 7.30. The van der Waals surface area contributed by atoms with E-state index in [2.05, 4.69) is 65.1 Å². The maximum absolute atomic E-state index is 13.8. The maximum atomic E-state index is 13.8. The molecule has 0 radical (unpaired) electrons. The highest BCUT2D eigenvalue weighted by molar-refractivity contribution is 7.18. The van der Waals surface area contributed by atoms with Crippen LogP contribution in [0, 0.1) is 11.8 Å². The summed E-state index contributed by atoms with van der Waals surface area (Å²) in [7, 11) is -1.22. The number of nitrogens with zero attached hydrogens (tertiary/aromatic N) is 6. The van der Waals surface area contributed by atoms with Gasteiger partial charge in [-0.15, -0.1) is 11.3 Å². The lowest BCUT2D eigenvalue weighted by Gasteiger charge is -2.38. The Morgan fingerprint density at radius 1 is 1.09 bits per heavy atom. The Hall–Kier alpha value is -3.19. The number of anilines is 1. The second-order valence-corrected chi connectivity index (χ2v) is 21.1. The molecule has 45 heavy (non-hydrogen) atoms. The Bertz CT molecular complexity index is 1730. The molecule has 2 amide bonds. The fraction of sp³-hybridized carbons (Fsp3) is 0.545. The van der Waals surface area contributed by atoms with Gasteiger partial charge in [-0.25, -0.2) is 9.67 Å². The number of rotatable bonds is 8. The van der Waals surface area contributed by atoms with Crippen LogP contribution < -0.4 is 5.32 Å². The molecular weight excluding hydrogens is 603 g/mol. The summed E-state index contributed by atoms with van der Waals surface area (Å²) in [4.78, 5) is 41.1. The molecular formula is C33H43N7O3SSi. The van der Waals surface area contributed by atoms with Gasteiger partial charge in [-0.3, -0.25) is 14.6 Å². The average molecular weight is 646 g/mol. The number of likely N-dealkylation sites (tertiary alicyclic amines) is 1. The third-order valence-electron chi connectivity index (χ3n) is 9.73. The summed E-state index contributed by atoms with van der Waals surface area (Å²) in [5.41, 5.74) is 3.19. The first kappa shape index (κ1) is 30.5. The first-order chi connectivity index (χ1) is 21.6. The average Bonchev–Trinajstić information content (AvgIpc) is 3.82. The van der Waals surface area contributed by atoms with Crippen molar-refractivity contribution in [3.05, 3.63) is 47.4 Å². The second kappa shape index (κ2) is 12.2. The Morgan fingerprint density at radius 2 is 1.96 bits per heavy atom. The number of nitrogens with one attached hydrogen (secondary N) is 1. The number of benzene rings is 1. The van der Waals surface area contributed by atoms with Crippen LogP contribution in [0.25, 0.3) is 21.1 Å². The van der Waals surface area contributed by atoms with Crippen LogP contribution in [-0.4, -0.2) is 82.2 Å². The van der Waals surface area contributed by atoms with E-state index in [-0.39, 0.29) is 12.8 Å². The minimum atomic E-state index is -1.22. The van der Waals surface area contributed by atoms with E-state index < -0.39 is 19.9 Å². The molecule has 3 aliphatic rings. The van der Waals surface area contributed by atoms with Crippen LogP contribution in [0.2, 0.25) is 25.7 Å². The Balaban J connectivity index is 1.08. The molecule has 10 nitrogen and oxygen atoms in total. The molecule has 3 saturated heterocycles. The second-order valence-electron chi connectivity index (χ2n) is 14.4. The number of carbonyl (C=O) groups is 2. The van der Waals surface area contributed by atoms with Crippen LogP contribution in [0.5, 0.6) is 0 Å². The predicted octanol–water partition coefficient (Wildman–Crippen LogP) is 5.71. The first-order valence-electron chi connectivity index (χ1n) is 16.2. The number of piperidine rings is 2. The van der Waals surface area contributed by atoms with Gasteiger partial charge in [0.1, 0.15) is 6.73 Å². The maximum Gasteiger partial charge on any atom is 0.314 e. The molecule has 4 aromatic rings. The molecule has 1 aromatic carbocycles. The molecule has 3 unspecified atom stereocenters. The lowest BCUT2D eigenvalue weighted by Crippen LogP contribution is -2.46. The van der Waals surface area contributed by atoms with Gasteiger partial charge in [0.05, 0.1) is 44.9 Å². The molecule has 2 bridgehead atoms. The normalized spacial score (nSPS) is 25.0. The van der Waals surface area contributed by atoms with E-state index in [1.54, 1.807) is 28.2 Å². The third-order valence-corrected chi connectivity index (χ3v) is 12.6. The van der Waals surface area contributed by atoms with Gasteiger partial charge >= 0.3 is 11.8 Å². The van der Waals surface area contributed by atoms with Crippen LogP contribution in [0.15, 0.2) is 36.8 Å². The lowest BCUT2D eigenvalue weighted by atomic mass is 9.89. The Morgan fingerprint density at radius 3 is 2.73 bits per heavy atom. The third kappa shape index (κ3) is 6.29. The summed E-state index contributed by atoms with van der Waals surface area (Å²) < 4.78 is 8.84. The molecule has 12 heteroatoms. The number of ether oxygens (including phenoxy) is 1. The largest absolute Gasteiger partial charge is 0.360 e. The smallest absolute Gasteiger partial charge is 0.314 e. The Kier molecular flexibility index (Phi) is 8.26. The van der Waals surface area contributed by atoms with Crippen molar-refractivity contribution >= 4 is 58.0 Å². The molecule has 5 atom stereocenters. The number of pyridine rings is 1. The summed E-state index contributed by atoms with van der Waals surface area (Å²) >= 11 is 1.81. The van der Waals surface area contributed by atoms with Crippen molar-refractivity contribution in [3.8, 4) is 0 Å². The van der Waals surface area contributed by atoms with Gasteiger partial charge in [0, 0.05) is 51.8 Å². The van der Waals surface area contributed by atoms with E-state index in [0.717, 1.165) is 47.8 Å². The number of aromatic nitrogens is 4. The van der Waals surface area contributed by atoms with Crippen molar-refractivity contribution in [1.82, 2.24) is 29.5 Å². The van der Waals surface area contributed by atoms with Gasteiger partial charge in [-0.05, 0) is 61.4 Å². The quantitative estimate of drug-likeness (QED) is 0.149. The molecule has 3 aliphatic heterocycles. The number of hydrogen-bond donors (Lipinski definition) is 1. The fourth-order valence-corrected chi connectivity index (χ4v) is 9.07. The molecule has 1 N–H and O–H groups in total. The van der Waals surface area contributed by atoms with Crippen LogP contribution in [-0.2, 0) is 21.1 Å². The number of fused-ring (bicyclic) bond motifs is 4. The van der Waals surface area contributed by atoms with Crippen molar-refractivity contribution in [1.29, 1.82) is 0 Å². The van der Waals surface area contributed by atoms with Crippen LogP contribution >= 0.6 is 11.3 Å². The molecule has 3 fully saturated rings. The Labute approximate surface area is 269 Å². The van der Waals surface area contributed by atoms with Crippen LogP contribution in [0.3, 0.4) is 0 Å². The van der Waals surface area contributed by atoms with Gasteiger partial charge < -0.3 is 19.9 Å². The van der Waals surface area contributed by atoms with E-state index in [9.17, 15) is 9.59 Å². The van der Waals surface area contributed by atoms with E-state index >= 15 is 0 Å². The molecule has 238 valence electrons. The van der Waals surface area contributed by atoms with E-state index in [1.807, 2.05) is 11.3 Å². The minimum absolute atomic E-state index is 0.179. The summed E-state index contributed by atoms with van der Waals surface area (Å²) in [6.07, 6.45) is 8.06. The molecule has 0 aliphatic carbocycles. The highest BCUT2D eigenvalue weighted by Crippen LogP contribution is 2.43. The van der Waals surface area contributed by atoms with Gasteiger partial charge in [-0.1, -0.05) is 32.6 Å². The first-order valence-corrected chi connectivity index (χ1v) is 20.8. The van der Waals surface area contributed by atoms with Crippen molar-refractivity contribution in [2.45, 2.75) is 70.6 Å². The monoisotopic (exact) mass is 645 g/mol.